The second-order valence-corrected chi connectivity index (χ2v) is 7.02. The fourth-order valence-electron chi connectivity index (χ4n) is 2.59. The van der Waals surface area contributed by atoms with Crippen molar-refractivity contribution < 1.29 is 0 Å². The summed E-state index contributed by atoms with van der Waals surface area (Å²) >= 11 is 1.72. The Kier molecular flexibility index (Phi) is 6.44. The summed E-state index contributed by atoms with van der Waals surface area (Å²) in [4.78, 5) is 10.6. The normalized spacial score (nSPS) is 11.5. The van der Waals surface area contributed by atoms with Gasteiger partial charge in [-0.1, -0.05) is 30.3 Å². The molecule has 2 heterocycles. The van der Waals surface area contributed by atoms with Crippen molar-refractivity contribution in [1.29, 1.82) is 0 Å². The molecule has 5 nitrogen and oxygen atoms in total. The molecule has 2 aromatic heterocycles. The zero-order valence-electron chi connectivity index (χ0n) is 15.3. The topological polar surface area (TPSA) is 54.2 Å². The van der Waals surface area contributed by atoms with E-state index in [1.807, 2.05) is 30.3 Å². The Morgan fingerprint density at radius 3 is 2.62 bits per heavy atom. The third-order valence-corrected chi connectivity index (χ3v) is 5.16. The first-order valence-corrected chi connectivity index (χ1v) is 9.72. The van der Waals surface area contributed by atoms with Crippen LogP contribution >= 0.6 is 11.3 Å². The second kappa shape index (κ2) is 9.20. The molecule has 3 aromatic rings. The zero-order chi connectivity index (χ0) is 18.2. The first kappa shape index (κ1) is 18.2. The molecule has 0 radical (unpaired) electrons. The molecule has 6 heteroatoms. The summed E-state index contributed by atoms with van der Waals surface area (Å²) < 4.78 is 2.15. The molecule has 0 aliphatic heterocycles. The van der Waals surface area contributed by atoms with Crippen LogP contribution in [0.2, 0.25) is 0 Å². The summed E-state index contributed by atoms with van der Waals surface area (Å²) in [6.45, 7) is 7.35. The number of aromatic nitrogens is 2. The minimum Gasteiger partial charge on any atom is -0.357 e. The van der Waals surface area contributed by atoms with Crippen molar-refractivity contribution in [1.82, 2.24) is 20.2 Å². The Hall–Kier alpha value is -2.60. The van der Waals surface area contributed by atoms with Crippen molar-refractivity contribution in [3.05, 3.63) is 65.4 Å². The minimum absolute atomic E-state index is 0.634. The van der Waals surface area contributed by atoms with Gasteiger partial charge in [-0.2, -0.15) is 0 Å². The summed E-state index contributed by atoms with van der Waals surface area (Å²) in [5.74, 6) is 0.841. The predicted molar refractivity (Wildman–Crippen MR) is 110 cm³/mol. The monoisotopic (exact) mass is 367 g/mol. The maximum Gasteiger partial charge on any atom is 0.191 e. The van der Waals surface area contributed by atoms with E-state index >= 15 is 0 Å². The minimum atomic E-state index is 0.634. The molecule has 26 heavy (non-hydrogen) atoms. The number of hydrogen-bond donors (Lipinski definition) is 2. The summed E-state index contributed by atoms with van der Waals surface area (Å²) in [5.41, 5.74) is 2.22. The van der Waals surface area contributed by atoms with Gasteiger partial charge in [-0.15, -0.1) is 11.3 Å². The zero-order valence-corrected chi connectivity index (χ0v) is 16.1. The lowest BCUT2D eigenvalue weighted by atomic mass is 10.2. The molecule has 136 valence electrons. The van der Waals surface area contributed by atoms with E-state index < -0.39 is 0 Å². The summed E-state index contributed by atoms with van der Waals surface area (Å²) in [5, 5.41) is 7.75. The van der Waals surface area contributed by atoms with Crippen LogP contribution in [0.3, 0.4) is 0 Å². The number of aryl methyl sites for hydroxylation is 1. The average molecular weight is 368 g/mol. The van der Waals surface area contributed by atoms with Crippen molar-refractivity contribution in [2.75, 3.05) is 13.1 Å². The van der Waals surface area contributed by atoms with Gasteiger partial charge in [-0.3, -0.25) is 0 Å². The van der Waals surface area contributed by atoms with Crippen molar-refractivity contribution >= 4 is 17.3 Å². The van der Waals surface area contributed by atoms with E-state index in [0.717, 1.165) is 41.9 Å². The quantitative estimate of drug-likeness (QED) is 0.495. The Morgan fingerprint density at radius 2 is 1.88 bits per heavy atom. The fraction of sp³-hybridized carbons (Fsp3) is 0.300. The Labute approximate surface area is 158 Å². The van der Waals surface area contributed by atoms with Gasteiger partial charge in [0.1, 0.15) is 5.01 Å². The number of rotatable bonds is 7. The smallest absolute Gasteiger partial charge is 0.191 e. The molecule has 0 atom stereocenters. The Morgan fingerprint density at radius 1 is 1.12 bits per heavy atom. The van der Waals surface area contributed by atoms with Crippen LogP contribution in [-0.2, 0) is 13.1 Å². The van der Waals surface area contributed by atoms with Crippen LogP contribution in [0.1, 0.15) is 17.5 Å². The first-order chi connectivity index (χ1) is 12.8. The molecule has 3 rings (SSSR count). The van der Waals surface area contributed by atoms with Crippen LogP contribution in [0.25, 0.3) is 10.6 Å². The maximum absolute atomic E-state index is 4.73. The van der Waals surface area contributed by atoms with Crippen LogP contribution in [0.15, 0.2) is 59.9 Å². The molecule has 0 bridgehead atoms. The van der Waals surface area contributed by atoms with Gasteiger partial charge < -0.3 is 15.2 Å². The first-order valence-electron chi connectivity index (χ1n) is 8.91. The van der Waals surface area contributed by atoms with E-state index in [2.05, 4.69) is 53.6 Å². The van der Waals surface area contributed by atoms with Gasteiger partial charge in [-0.25, -0.2) is 9.98 Å². The molecule has 0 aliphatic rings. The lowest BCUT2D eigenvalue weighted by Crippen LogP contribution is -2.38. The van der Waals surface area contributed by atoms with Gasteiger partial charge in [0.15, 0.2) is 5.96 Å². The van der Waals surface area contributed by atoms with Crippen LogP contribution < -0.4 is 10.6 Å². The van der Waals surface area contributed by atoms with Crippen molar-refractivity contribution in [2.24, 2.45) is 4.99 Å². The number of aliphatic imine (C=N–C) groups is 1. The maximum atomic E-state index is 4.73. The average Bonchev–Trinajstić information content (AvgIpc) is 3.30. The van der Waals surface area contributed by atoms with Crippen molar-refractivity contribution in [2.45, 2.75) is 26.9 Å². The van der Waals surface area contributed by atoms with Crippen LogP contribution in [0.4, 0.5) is 0 Å². The molecule has 0 aliphatic carbocycles. The third-order valence-electron chi connectivity index (χ3n) is 3.97. The van der Waals surface area contributed by atoms with Gasteiger partial charge in [0, 0.05) is 42.5 Å². The molecule has 0 saturated heterocycles. The van der Waals surface area contributed by atoms with E-state index in [-0.39, 0.29) is 0 Å². The van der Waals surface area contributed by atoms with E-state index in [1.54, 1.807) is 11.3 Å². The van der Waals surface area contributed by atoms with Crippen LogP contribution in [0, 0.1) is 6.92 Å². The largest absolute Gasteiger partial charge is 0.357 e. The highest BCUT2D eigenvalue weighted by molar-refractivity contribution is 7.15. The molecule has 0 amide bonds. The predicted octanol–water partition coefficient (Wildman–Crippen LogP) is 3.68. The number of benzene rings is 1. The molecule has 0 spiro atoms. The Balaban J connectivity index is 1.62. The van der Waals surface area contributed by atoms with Crippen LogP contribution in [-0.4, -0.2) is 28.6 Å². The fourth-order valence-corrected chi connectivity index (χ4v) is 3.59. The number of guanidine groups is 1. The van der Waals surface area contributed by atoms with Gasteiger partial charge in [0.05, 0.1) is 12.2 Å². The molecular weight excluding hydrogens is 342 g/mol. The summed E-state index contributed by atoms with van der Waals surface area (Å²) in [6.07, 6.45) is 4.13. The van der Waals surface area contributed by atoms with Gasteiger partial charge in [-0.05, 0) is 26.0 Å². The standard InChI is InChI=1S/C20H25N5S/c1-3-21-20(22-11-14-25-12-7-8-13-25)23-15-18-16(2)24-19(26-18)17-9-5-4-6-10-17/h4-10,12-13H,3,11,14-15H2,1-2H3,(H2,21,22,23). The summed E-state index contributed by atoms with van der Waals surface area (Å²) in [6, 6.07) is 14.4. The van der Waals surface area contributed by atoms with Gasteiger partial charge in [0.2, 0.25) is 0 Å². The highest BCUT2D eigenvalue weighted by Gasteiger charge is 2.09. The van der Waals surface area contributed by atoms with Crippen LogP contribution in [0.5, 0.6) is 0 Å². The lowest BCUT2D eigenvalue weighted by Gasteiger charge is -2.11. The van der Waals surface area contributed by atoms with E-state index in [0.29, 0.717) is 6.54 Å². The molecule has 2 N–H and O–H groups in total. The van der Waals surface area contributed by atoms with Crippen molar-refractivity contribution in [3.63, 3.8) is 0 Å². The molecule has 0 fully saturated rings. The number of nitrogens with zero attached hydrogens (tertiary/aromatic N) is 3. The van der Waals surface area contributed by atoms with E-state index in [4.69, 9.17) is 9.98 Å². The van der Waals surface area contributed by atoms with Crippen molar-refractivity contribution in [3.8, 4) is 10.6 Å². The lowest BCUT2D eigenvalue weighted by molar-refractivity contribution is 0.666. The SMILES string of the molecule is CCNC(=NCc1sc(-c2ccccc2)nc1C)NCCn1cccc1. The summed E-state index contributed by atoms with van der Waals surface area (Å²) in [7, 11) is 0. The number of thiazole rings is 1. The second-order valence-electron chi connectivity index (χ2n) is 5.94. The van der Waals surface area contributed by atoms with E-state index in [9.17, 15) is 0 Å². The molecule has 0 unspecified atom stereocenters. The highest BCUT2D eigenvalue weighted by Crippen LogP contribution is 2.28. The third kappa shape index (κ3) is 4.95. The highest BCUT2D eigenvalue weighted by atomic mass is 32.1. The van der Waals surface area contributed by atoms with Gasteiger partial charge >= 0.3 is 0 Å². The van der Waals surface area contributed by atoms with E-state index in [1.165, 1.54) is 4.88 Å². The molecule has 1 aromatic carbocycles. The number of nitrogens with one attached hydrogen (secondary N) is 2. The van der Waals surface area contributed by atoms with Gasteiger partial charge in [0.25, 0.3) is 0 Å². The number of hydrogen-bond acceptors (Lipinski definition) is 3. The molecular formula is C20H25N5S. The Bertz CT molecular complexity index is 821. The molecule has 0 saturated carbocycles.